The first-order valence-electron chi connectivity index (χ1n) is 8.49. The number of benzene rings is 2. The number of carbonyl (C=O) groups excluding carboxylic acids is 2. The van der Waals surface area contributed by atoms with Crippen molar-refractivity contribution in [3.05, 3.63) is 53.6 Å². The van der Waals surface area contributed by atoms with Crippen LogP contribution in [0.1, 0.15) is 22.3 Å². The molecule has 2 aromatic rings. The van der Waals surface area contributed by atoms with E-state index in [9.17, 15) is 14.4 Å². The van der Waals surface area contributed by atoms with Gasteiger partial charge < -0.3 is 20.1 Å². The SMILES string of the molecule is COc1ccccc1N1CC(C(=O)Nc2cc(C(=O)O)ccc2C)CC1=O. The topological polar surface area (TPSA) is 95.9 Å². The molecule has 7 heteroatoms. The minimum atomic E-state index is -1.07. The second-order valence-electron chi connectivity index (χ2n) is 6.40. The van der Waals surface area contributed by atoms with Gasteiger partial charge in [-0.2, -0.15) is 0 Å². The molecular weight excluding hydrogens is 348 g/mol. The highest BCUT2D eigenvalue weighted by atomic mass is 16.5. The summed E-state index contributed by atoms with van der Waals surface area (Å²) >= 11 is 0. The van der Waals surface area contributed by atoms with Gasteiger partial charge in [0.05, 0.1) is 24.3 Å². The van der Waals surface area contributed by atoms with E-state index in [1.54, 1.807) is 36.1 Å². The fourth-order valence-corrected chi connectivity index (χ4v) is 3.09. The molecule has 0 saturated carbocycles. The molecule has 0 aliphatic carbocycles. The molecule has 27 heavy (non-hydrogen) atoms. The second kappa shape index (κ2) is 7.49. The summed E-state index contributed by atoms with van der Waals surface area (Å²) < 4.78 is 5.30. The van der Waals surface area contributed by atoms with E-state index in [1.165, 1.54) is 19.2 Å². The van der Waals surface area contributed by atoms with Gasteiger partial charge in [0.25, 0.3) is 0 Å². The molecule has 1 saturated heterocycles. The number of ether oxygens (including phenoxy) is 1. The van der Waals surface area contributed by atoms with Crippen LogP contribution in [0, 0.1) is 12.8 Å². The van der Waals surface area contributed by atoms with Gasteiger partial charge in [-0.15, -0.1) is 0 Å². The molecule has 3 rings (SSSR count). The molecule has 2 N–H and O–H groups in total. The van der Waals surface area contributed by atoms with Crippen LogP contribution in [0.25, 0.3) is 0 Å². The zero-order valence-electron chi connectivity index (χ0n) is 15.1. The second-order valence-corrected chi connectivity index (χ2v) is 6.40. The maximum atomic E-state index is 12.7. The lowest BCUT2D eigenvalue weighted by Gasteiger charge is -2.19. The van der Waals surface area contributed by atoms with Crippen LogP contribution in [0.3, 0.4) is 0 Å². The van der Waals surface area contributed by atoms with E-state index in [0.29, 0.717) is 17.1 Å². The Morgan fingerprint density at radius 2 is 1.96 bits per heavy atom. The predicted octanol–water partition coefficient (Wildman–Crippen LogP) is 2.69. The summed E-state index contributed by atoms with van der Waals surface area (Å²) in [7, 11) is 1.53. The Morgan fingerprint density at radius 1 is 1.22 bits per heavy atom. The molecule has 0 bridgehead atoms. The molecule has 1 unspecified atom stereocenters. The van der Waals surface area contributed by atoms with Crippen molar-refractivity contribution < 1.29 is 24.2 Å². The number of methoxy groups -OCH3 is 1. The van der Waals surface area contributed by atoms with Gasteiger partial charge in [-0.25, -0.2) is 4.79 Å². The summed E-state index contributed by atoms with van der Waals surface area (Å²) in [5, 5.41) is 11.9. The number of hydrogen-bond acceptors (Lipinski definition) is 4. The first kappa shape index (κ1) is 18.4. The molecule has 1 fully saturated rings. The zero-order chi connectivity index (χ0) is 19.6. The Kier molecular flexibility index (Phi) is 5.12. The third kappa shape index (κ3) is 3.76. The van der Waals surface area contributed by atoms with E-state index in [-0.39, 0.29) is 30.3 Å². The fraction of sp³-hybridized carbons (Fsp3) is 0.250. The monoisotopic (exact) mass is 368 g/mol. The lowest BCUT2D eigenvalue weighted by atomic mass is 10.1. The average molecular weight is 368 g/mol. The van der Waals surface area contributed by atoms with Crippen molar-refractivity contribution in [1.29, 1.82) is 0 Å². The molecule has 0 aromatic heterocycles. The van der Waals surface area contributed by atoms with Gasteiger partial charge in [0, 0.05) is 18.7 Å². The molecule has 0 spiro atoms. The lowest BCUT2D eigenvalue weighted by molar-refractivity contribution is -0.122. The third-order valence-corrected chi connectivity index (χ3v) is 4.61. The third-order valence-electron chi connectivity index (χ3n) is 4.61. The van der Waals surface area contributed by atoms with Crippen molar-refractivity contribution in [1.82, 2.24) is 0 Å². The Labute approximate surface area is 156 Å². The molecular formula is C20H20N2O5. The van der Waals surface area contributed by atoms with Crippen LogP contribution in [0.2, 0.25) is 0 Å². The van der Waals surface area contributed by atoms with Crippen molar-refractivity contribution in [3.63, 3.8) is 0 Å². The average Bonchev–Trinajstić information content (AvgIpc) is 3.05. The molecule has 1 aliphatic rings. The van der Waals surface area contributed by atoms with Crippen molar-refractivity contribution in [2.75, 3.05) is 23.9 Å². The minimum absolute atomic E-state index is 0.0849. The number of nitrogens with zero attached hydrogens (tertiary/aromatic N) is 1. The van der Waals surface area contributed by atoms with Crippen LogP contribution in [0.15, 0.2) is 42.5 Å². The summed E-state index contributed by atoms with van der Waals surface area (Å²) in [4.78, 5) is 37.8. The number of anilines is 2. The van der Waals surface area contributed by atoms with Crippen LogP contribution in [-0.2, 0) is 9.59 Å². The number of aryl methyl sites for hydroxylation is 1. The van der Waals surface area contributed by atoms with Gasteiger partial charge in [-0.1, -0.05) is 18.2 Å². The standard InChI is InChI=1S/C20H20N2O5/c1-12-7-8-13(20(25)26)9-15(12)21-19(24)14-10-18(23)22(11-14)16-5-3-4-6-17(16)27-2/h3-9,14H,10-11H2,1-2H3,(H,21,24)(H,25,26). The maximum absolute atomic E-state index is 12.7. The first-order valence-corrected chi connectivity index (χ1v) is 8.49. The normalized spacial score (nSPS) is 16.3. The molecule has 2 aromatic carbocycles. The van der Waals surface area contributed by atoms with E-state index < -0.39 is 11.9 Å². The van der Waals surface area contributed by atoms with Crippen LogP contribution < -0.4 is 15.0 Å². The smallest absolute Gasteiger partial charge is 0.335 e. The number of carboxylic acid groups (broad SMARTS) is 1. The van der Waals surface area contributed by atoms with Crippen molar-refractivity contribution >= 4 is 29.2 Å². The number of carboxylic acids is 1. The number of carbonyl (C=O) groups is 3. The number of rotatable bonds is 5. The molecule has 7 nitrogen and oxygen atoms in total. The molecule has 1 atom stereocenters. The highest BCUT2D eigenvalue weighted by Crippen LogP contribution is 2.33. The highest BCUT2D eigenvalue weighted by Gasteiger charge is 2.36. The molecule has 0 radical (unpaired) electrons. The Balaban J connectivity index is 1.77. The van der Waals surface area contributed by atoms with Crippen molar-refractivity contribution in [2.45, 2.75) is 13.3 Å². The Bertz CT molecular complexity index is 909. The highest BCUT2D eigenvalue weighted by molar-refractivity contribution is 6.04. The summed E-state index contributed by atoms with van der Waals surface area (Å²) in [6.07, 6.45) is 0.0849. The minimum Gasteiger partial charge on any atom is -0.495 e. The van der Waals surface area contributed by atoms with Crippen molar-refractivity contribution in [3.8, 4) is 5.75 Å². The summed E-state index contributed by atoms with van der Waals surface area (Å²) in [6.45, 7) is 2.02. The molecule has 2 amide bonds. The van der Waals surface area contributed by atoms with Crippen LogP contribution >= 0.6 is 0 Å². The number of aromatic carboxylic acids is 1. The van der Waals surface area contributed by atoms with E-state index in [0.717, 1.165) is 5.56 Å². The van der Waals surface area contributed by atoms with E-state index in [4.69, 9.17) is 9.84 Å². The first-order chi connectivity index (χ1) is 12.9. The largest absolute Gasteiger partial charge is 0.495 e. The van der Waals surface area contributed by atoms with Gasteiger partial charge in [0.1, 0.15) is 5.75 Å². The quantitative estimate of drug-likeness (QED) is 0.846. The van der Waals surface area contributed by atoms with Crippen molar-refractivity contribution in [2.24, 2.45) is 5.92 Å². The number of nitrogens with one attached hydrogen (secondary N) is 1. The van der Waals surface area contributed by atoms with Crippen LogP contribution in [0.5, 0.6) is 5.75 Å². The van der Waals surface area contributed by atoms with Gasteiger partial charge in [0.15, 0.2) is 0 Å². The van der Waals surface area contributed by atoms with Gasteiger partial charge in [0.2, 0.25) is 11.8 Å². The van der Waals surface area contributed by atoms with E-state index in [2.05, 4.69) is 5.32 Å². The Morgan fingerprint density at radius 3 is 2.67 bits per heavy atom. The number of amides is 2. The van der Waals surface area contributed by atoms with Gasteiger partial charge in [-0.3, -0.25) is 9.59 Å². The van der Waals surface area contributed by atoms with E-state index in [1.807, 2.05) is 6.07 Å². The summed E-state index contributed by atoms with van der Waals surface area (Å²) in [5.41, 5.74) is 1.90. The number of hydrogen-bond donors (Lipinski definition) is 2. The van der Waals surface area contributed by atoms with E-state index >= 15 is 0 Å². The van der Waals surface area contributed by atoms with Gasteiger partial charge in [-0.05, 0) is 36.8 Å². The molecule has 140 valence electrons. The predicted molar refractivity (Wildman–Crippen MR) is 100 cm³/mol. The molecule has 1 aliphatic heterocycles. The summed E-state index contributed by atoms with van der Waals surface area (Å²) in [5.74, 6) is -1.50. The van der Waals surface area contributed by atoms with Crippen LogP contribution in [-0.4, -0.2) is 36.5 Å². The lowest BCUT2D eigenvalue weighted by Crippen LogP contribution is -2.28. The molecule has 1 heterocycles. The zero-order valence-corrected chi connectivity index (χ0v) is 15.1. The Hall–Kier alpha value is -3.35. The van der Waals surface area contributed by atoms with Crippen LogP contribution in [0.4, 0.5) is 11.4 Å². The van der Waals surface area contributed by atoms with Gasteiger partial charge >= 0.3 is 5.97 Å². The number of para-hydroxylation sites is 2. The fourth-order valence-electron chi connectivity index (χ4n) is 3.09. The summed E-state index contributed by atoms with van der Waals surface area (Å²) in [6, 6.07) is 11.7. The maximum Gasteiger partial charge on any atom is 0.335 e.